The van der Waals surface area contributed by atoms with Crippen LogP contribution in [0, 0.1) is 12.3 Å². The van der Waals surface area contributed by atoms with E-state index in [9.17, 15) is 0 Å². The second-order valence-electron chi connectivity index (χ2n) is 6.54. The van der Waals surface area contributed by atoms with Gasteiger partial charge in [0.15, 0.2) is 17.5 Å². The molecule has 7 nitrogen and oxygen atoms in total. The fraction of sp³-hybridized carbons (Fsp3) is 0.250. The number of nitrogens with zero attached hydrogens (tertiary/aromatic N) is 2. The number of guanidine groups is 1. The summed E-state index contributed by atoms with van der Waals surface area (Å²) in [6.45, 7) is 3.87. The predicted octanol–water partition coefficient (Wildman–Crippen LogP) is 4.24. The summed E-state index contributed by atoms with van der Waals surface area (Å²) in [6, 6.07) is 15.5. The minimum absolute atomic E-state index is 0. The van der Waals surface area contributed by atoms with Gasteiger partial charge in [-0.05, 0) is 36.8 Å². The highest BCUT2D eigenvalue weighted by atomic mass is 127. The number of rotatable bonds is 9. The molecule has 3 aromatic rings. The van der Waals surface area contributed by atoms with Crippen molar-refractivity contribution in [3.8, 4) is 35.3 Å². The zero-order valence-corrected chi connectivity index (χ0v) is 20.5. The Morgan fingerprint density at radius 3 is 2.69 bits per heavy atom. The van der Waals surface area contributed by atoms with Crippen molar-refractivity contribution in [1.82, 2.24) is 15.6 Å². The van der Waals surface area contributed by atoms with E-state index in [0.29, 0.717) is 36.4 Å². The van der Waals surface area contributed by atoms with Crippen molar-refractivity contribution in [3.63, 3.8) is 0 Å². The van der Waals surface area contributed by atoms with Gasteiger partial charge in [0.25, 0.3) is 0 Å². The number of nitrogens with one attached hydrogen (secondary N) is 2. The Hall–Kier alpha value is -3.19. The third-order valence-electron chi connectivity index (χ3n) is 4.31. The van der Waals surface area contributed by atoms with Crippen LogP contribution in [-0.2, 0) is 13.1 Å². The zero-order valence-electron chi connectivity index (χ0n) is 18.1. The number of hydrogen-bond acceptors (Lipinski definition) is 5. The van der Waals surface area contributed by atoms with Gasteiger partial charge in [-0.1, -0.05) is 30.2 Å². The lowest BCUT2D eigenvalue weighted by Gasteiger charge is -2.12. The van der Waals surface area contributed by atoms with Gasteiger partial charge in [-0.15, -0.1) is 30.4 Å². The number of ether oxygens (including phenoxy) is 2. The maximum Gasteiger partial charge on any atom is 0.226 e. The van der Waals surface area contributed by atoms with Gasteiger partial charge >= 0.3 is 0 Å². The molecule has 0 amide bonds. The first-order valence-corrected chi connectivity index (χ1v) is 9.98. The number of hydrogen-bond donors (Lipinski definition) is 2. The van der Waals surface area contributed by atoms with Crippen molar-refractivity contribution < 1.29 is 13.9 Å². The number of terminal acetylenes is 1. The van der Waals surface area contributed by atoms with Crippen molar-refractivity contribution in [2.45, 2.75) is 20.0 Å². The van der Waals surface area contributed by atoms with Crippen LogP contribution in [0.3, 0.4) is 0 Å². The highest BCUT2D eigenvalue weighted by Gasteiger charge is 2.08. The van der Waals surface area contributed by atoms with Gasteiger partial charge in [-0.3, -0.25) is 0 Å². The van der Waals surface area contributed by atoms with E-state index in [2.05, 4.69) is 26.5 Å². The molecule has 0 aliphatic heterocycles. The molecule has 1 aromatic heterocycles. The minimum atomic E-state index is 0. The SMILES string of the molecule is C#CCOc1cc(CN=C(NCC)NCc2coc(-c3ccccc3)n2)ccc1OC.I. The van der Waals surface area contributed by atoms with Crippen LogP contribution in [0.15, 0.2) is 64.2 Å². The first-order valence-electron chi connectivity index (χ1n) is 9.98. The maximum absolute atomic E-state index is 5.59. The maximum atomic E-state index is 5.59. The van der Waals surface area contributed by atoms with Crippen molar-refractivity contribution in [3.05, 3.63) is 66.1 Å². The zero-order chi connectivity index (χ0) is 21.9. The Bertz CT molecular complexity index is 1040. The number of benzene rings is 2. The molecule has 1 heterocycles. The number of aliphatic imine (C=N–C) groups is 1. The number of aromatic nitrogens is 1. The number of methoxy groups -OCH3 is 1. The van der Waals surface area contributed by atoms with Crippen LogP contribution in [0.2, 0.25) is 0 Å². The van der Waals surface area contributed by atoms with E-state index in [1.165, 1.54) is 0 Å². The topological polar surface area (TPSA) is 80.9 Å². The molecule has 0 aliphatic carbocycles. The third-order valence-corrected chi connectivity index (χ3v) is 4.31. The van der Waals surface area contributed by atoms with Crippen LogP contribution in [-0.4, -0.2) is 31.2 Å². The largest absolute Gasteiger partial charge is 0.493 e. The highest BCUT2D eigenvalue weighted by molar-refractivity contribution is 14.0. The molecule has 0 saturated heterocycles. The first kappa shape index (κ1) is 25.1. The molecule has 0 unspecified atom stereocenters. The average Bonchev–Trinajstić information content (AvgIpc) is 3.29. The van der Waals surface area contributed by atoms with Gasteiger partial charge in [0.1, 0.15) is 12.9 Å². The van der Waals surface area contributed by atoms with Crippen LogP contribution >= 0.6 is 24.0 Å². The van der Waals surface area contributed by atoms with Crippen molar-refractivity contribution in [2.75, 3.05) is 20.3 Å². The Balaban J connectivity index is 0.00000363. The van der Waals surface area contributed by atoms with E-state index >= 15 is 0 Å². The lowest BCUT2D eigenvalue weighted by atomic mass is 10.2. The summed E-state index contributed by atoms with van der Waals surface area (Å²) >= 11 is 0. The van der Waals surface area contributed by atoms with E-state index < -0.39 is 0 Å². The molecular weight excluding hydrogens is 519 g/mol. The summed E-state index contributed by atoms with van der Waals surface area (Å²) in [6.07, 6.45) is 6.94. The van der Waals surface area contributed by atoms with Crippen molar-refractivity contribution >= 4 is 29.9 Å². The van der Waals surface area contributed by atoms with E-state index in [4.69, 9.17) is 20.3 Å². The van der Waals surface area contributed by atoms with Crippen LogP contribution in [0.25, 0.3) is 11.5 Å². The van der Waals surface area contributed by atoms with Gasteiger partial charge < -0.3 is 24.5 Å². The third kappa shape index (κ3) is 7.20. The molecule has 0 saturated carbocycles. The van der Waals surface area contributed by atoms with Gasteiger partial charge in [-0.2, -0.15) is 0 Å². The van der Waals surface area contributed by atoms with E-state index in [0.717, 1.165) is 23.4 Å². The van der Waals surface area contributed by atoms with Crippen LogP contribution in [0.1, 0.15) is 18.2 Å². The molecular formula is C24H27IN4O3. The van der Waals surface area contributed by atoms with Gasteiger partial charge in [-0.25, -0.2) is 9.98 Å². The monoisotopic (exact) mass is 546 g/mol. The molecule has 3 rings (SSSR count). The number of halogens is 1. The van der Waals surface area contributed by atoms with E-state index in [1.807, 2.05) is 55.5 Å². The molecule has 0 atom stereocenters. The molecule has 0 aliphatic rings. The first-order chi connectivity index (χ1) is 15.2. The quantitative estimate of drug-likeness (QED) is 0.181. The second-order valence-corrected chi connectivity index (χ2v) is 6.54. The fourth-order valence-corrected chi connectivity index (χ4v) is 2.84. The average molecular weight is 546 g/mol. The molecule has 0 bridgehead atoms. The Morgan fingerprint density at radius 1 is 1.16 bits per heavy atom. The van der Waals surface area contributed by atoms with Gasteiger partial charge in [0.2, 0.25) is 5.89 Å². The molecule has 0 radical (unpaired) electrons. The fourth-order valence-electron chi connectivity index (χ4n) is 2.84. The molecule has 0 spiro atoms. The van der Waals surface area contributed by atoms with E-state index in [1.54, 1.807) is 13.4 Å². The summed E-state index contributed by atoms with van der Waals surface area (Å²) in [5.74, 6) is 4.96. The standard InChI is InChI=1S/C24H26N4O3.HI/c1-4-13-30-22-14-18(11-12-21(22)29-3)15-26-24(25-5-2)27-16-20-17-31-23(28-20)19-9-7-6-8-10-19;/h1,6-12,14,17H,5,13,15-16H2,2-3H3,(H2,25,26,27);1H. The lowest BCUT2D eigenvalue weighted by molar-refractivity contribution is 0.330. The highest BCUT2D eigenvalue weighted by Crippen LogP contribution is 2.28. The summed E-state index contributed by atoms with van der Waals surface area (Å²) in [7, 11) is 1.59. The molecule has 168 valence electrons. The Labute approximate surface area is 205 Å². The summed E-state index contributed by atoms with van der Waals surface area (Å²) in [5, 5.41) is 6.51. The Morgan fingerprint density at radius 2 is 1.97 bits per heavy atom. The van der Waals surface area contributed by atoms with Crippen LogP contribution in [0.5, 0.6) is 11.5 Å². The van der Waals surface area contributed by atoms with Crippen LogP contribution in [0.4, 0.5) is 0 Å². The smallest absolute Gasteiger partial charge is 0.226 e. The summed E-state index contributed by atoms with van der Waals surface area (Å²) < 4.78 is 16.5. The van der Waals surface area contributed by atoms with Gasteiger partial charge in [0.05, 0.1) is 25.9 Å². The summed E-state index contributed by atoms with van der Waals surface area (Å²) in [5.41, 5.74) is 2.70. The van der Waals surface area contributed by atoms with Gasteiger partial charge in [0, 0.05) is 12.1 Å². The van der Waals surface area contributed by atoms with Crippen LogP contribution < -0.4 is 20.1 Å². The number of oxazole rings is 1. The van der Waals surface area contributed by atoms with Crippen molar-refractivity contribution in [1.29, 1.82) is 0 Å². The predicted molar refractivity (Wildman–Crippen MR) is 136 cm³/mol. The molecule has 0 fully saturated rings. The molecule has 32 heavy (non-hydrogen) atoms. The van der Waals surface area contributed by atoms with E-state index in [-0.39, 0.29) is 30.6 Å². The van der Waals surface area contributed by atoms with Crippen molar-refractivity contribution in [2.24, 2.45) is 4.99 Å². The molecule has 8 heteroatoms. The molecule has 2 aromatic carbocycles. The normalized spacial score (nSPS) is 10.6. The second kappa shape index (κ2) is 13.3. The summed E-state index contributed by atoms with van der Waals surface area (Å²) in [4.78, 5) is 9.17. The lowest BCUT2D eigenvalue weighted by Crippen LogP contribution is -2.36. The molecule has 2 N–H and O–H groups in total. The minimum Gasteiger partial charge on any atom is -0.493 e. The Kier molecular flexibility index (Phi) is 10.4.